The molecule has 4 aromatic rings. The van der Waals surface area contributed by atoms with Crippen LogP contribution in [0.25, 0.3) is 22.3 Å². The molecule has 1 amide bonds. The molecule has 0 unspecified atom stereocenters. The smallest absolute Gasteiger partial charge is 0.254 e. The van der Waals surface area contributed by atoms with Crippen molar-refractivity contribution in [3.8, 4) is 17.1 Å². The monoisotopic (exact) mass is 401 g/mol. The molecule has 0 spiro atoms. The number of rotatable bonds is 6. The summed E-state index contributed by atoms with van der Waals surface area (Å²) in [6.45, 7) is 0.488. The van der Waals surface area contributed by atoms with E-state index in [2.05, 4.69) is 9.97 Å². The number of hydrogen-bond acceptors (Lipinski definition) is 4. The average Bonchev–Trinajstić information content (AvgIpc) is 2.79. The van der Waals surface area contributed by atoms with Crippen LogP contribution in [0.5, 0.6) is 5.75 Å². The standard InChI is InChI=1S/C24H20FN3O2/c1-28(14-15-30-23-12-5-3-9-19(23)25)24(29)18-16-22(21-11-6-7-13-26-21)27-20-10-4-2-8-17(18)20/h2-13,16H,14-15H2,1H3. The van der Waals surface area contributed by atoms with Gasteiger partial charge in [-0.15, -0.1) is 0 Å². The van der Waals surface area contributed by atoms with E-state index in [4.69, 9.17) is 4.74 Å². The minimum Gasteiger partial charge on any atom is -0.489 e. The number of ether oxygens (including phenoxy) is 1. The maximum absolute atomic E-state index is 13.7. The summed E-state index contributed by atoms with van der Waals surface area (Å²) in [6, 6.07) is 21.1. The van der Waals surface area contributed by atoms with Crippen LogP contribution in [0.2, 0.25) is 0 Å². The SMILES string of the molecule is CN(CCOc1ccccc1F)C(=O)c1cc(-c2ccccn2)nc2ccccc12. The summed E-state index contributed by atoms with van der Waals surface area (Å²) in [5, 5.41) is 0.768. The van der Waals surface area contributed by atoms with E-state index in [1.807, 2.05) is 42.5 Å². The van der Waals surface area contributed by atoms with Crippen LogP contribution in [0.4, 0.5) is 4.39 Å². The van der Waals surface area contributed by atoms with Crippen LogP contribution in [0, 0.1) is 5.82 Å². The molecular formula is C24H20FN3O2. The van der Waals surface area contributed by atoms with Crippen LogP contribution < -0.4 is 4.74 Å². The van der Waals surface area contributed by atoms with Gasteiger partial charge in [0, 0.05) is 18.6 Å². The molecule has 0 aliphatic rings. The Hall–Kier alpha value is -3.80. The van der Waals surface area contributed by atoms with Crippen LogP contribution >= 0.6 is 0 Å². The molecular weight excluding hydrogens is 381 g/mol. The summed E-state index contributed by atoms with van der Waals surface area (Å²) in [7, 11) is 1.70. The number of likely N-dealkylation sites (N-methyl/N-ethyl adjacent to an activating group) is 1. The zero-order valence-corrected chi connectivity index (χ0v) is 16.5. The highest BCUT2D eigenvalue weighted by Gasteiger charge is 2.18. The Morgan fingerprint density at radius 3 is 2.57 bits per heavy atom. The van der Waals surface area contributed by atoms with E-state index in [9.17, 15) is 9.18 Å². The second-order valence-corrected chi connectivity index (χ2v) is 6.79. The topological polar surface area (TPSA) is 55.3 Å². The highest BCUT2D eigenvalue weighted by Crippen LogP contribution is 2.24. The molecule has 6 heteroatoms. The molecule has 2 heterocycles. The predicted molar refractivity (Wildman–Crippen MR) is 114 cm³/mol. The lowest BCUT2D eigenvalue weighted by Gasteiger charge is -2.19. The van der Waals surface area contributed by atoms with Crippen molar-refractivity contribution in [1.29, 1.82) is 0 Å². The van der Waals surface area contributed by atoms with Crippen molar-refractivity contribution >= 4 is 16.8 Å². The molecule has 150 valence electrons. The van der Waals surface area contributed by atoms with Crippen LogP contribution in [0.3, 0.4) is 0 Å². The van der Waals surface area contributed by atoms with E-state index in [1.54, 1.807) is 42.4 Å². The summed E-state index contributed by atoms with van der Waals surface area (Å²) < 4.78 is 19.2. The fourth-order valence-corrected chi connectivity index (χ4v) is 3.16. The number of amides is 1. The van der Waals surface area contributed by atoms with Gasteiger partial charge in [-0.05, 0) is 36.4 Å². The number of halogens is 1. The Morgan fingerprint density at radius 1 is 1.00 bits per heavy atom. The number of nitrogens with zero attached hydrogens (tertiary/aromatic N) is 3. The van der Waals surface area contributed by atoms with Gasteiger partial charge in [0.15, 0.2) is 11.6 Å². The fraction of sp³-hybridized carbons (Fsp3) is 0.125. The Balaban J connectivity index is 1.58. The van der Waals surface area contributed by atoms with Crippen LogP contribution in [-0.4, -0.2) is 41.0 Å². The van der Waals surface area contributed by atoms with Crippen LogP contribution in [0.1, 0.15) is 10.4 Å². The summed E-state index contributed by atoms with van der Waals surface area (Å²) in [5.41, 5.74) is 2.59. The van der Waals surface area contributed by atoms with Crippen molar-refractivity contribution in [2.45, 2.75) is 0 Å². The molecule has 0 aliphatic heterocycles. The number of pyridine rings is 2. The second-order valence-electron chi connectivity index (χ2n) is 6.79. The maximum Gasteiger partial charge on any atom is 0.254 e. The van der Waals surface area contributed by atoms with Crippen molar-refractivity contribution in [3.05, 3.63) is 90.4 Å². The third-order valence-electron chi connectivity index (χ3n) is 4.74. The molecule has 0 fully saturated rings. The molecule has 0 saturated heterocycles. The number of benzene rings is 2. The molecule has 0 saturated carbocycles. The predicted octanol–water partition coefficient (Wildman–Crippen LogP) is 4.59. The summed E-state index contributed by atoms with van der Waals surface area (Å²) in [5.74, 6) is -0.417. The third kappa shape index (κ3) is 4.12. The number of carbonyl (C=O) groups excluding carboxylic acids is 1. The van der Waals surface area contributed by atoms with Crippen molar-refractivity contribution in [2.24, 2.45) is 0 Å². The first kappa shape index (κ1) is 19.5. The van der Waals surface area contributed by atoms with Gasteiger partial charge in [-0.1, -0.05) is 36.4 Å². The number of carbonyl (C=O) groups is 1. The van der Waals surface area contributed by atoms with Gasteiger partial charge < -0.3 is 9.64 Å². The molecule has 0 aliphatic carbocycles. The van der Waals surface area contributed by atoms with E-state index < -0.39 is 5.82 Å². The first-order valence-corrected chi connectivity index (χ1v) is 9.57. The Labute approximate surface area is 173 Å². The molecule has 0 N–H and O–H groups in total. The maximum atomic E-state index is 13.7. The van der Waals surface area contributed by atoms with Crippen LogP contribution in [-0.2, 0) is 0 Å². The van der Waals surface area contributed by atoms with Gasteiger partial charge in [-0.25, -0.2) is 9.37 Å². The average molecular weight is 401 g/mol. The Kier molecular flexibility index (Phi) is 5.66. The second kappa shape index (κ2) is 8.69. The van der Waals surface area contributed by atoms with Gasteiger partial charge in [-0.3, -0.25) is 9.78 Å². The van der Waals surface area contributed by atoms with Gasteiger partial charge in [0.25, 0.3) is 5.91 Å². The highest BCUT2D eigenvalue weighted by atomic mass is 19.1. The van der Waals surface area contributed by atoms with Gasteiger partial charge >= 0.3 is 0 Å². The molecule has 5 nitrogen and oxygen atoms in total. The lowest BCUT2D eigenvalue weighted by molar-refractivity contribution is 0.0775. The molecule has 30 heavy (non-hydrogen) atoms. The molecule has 2 aromatic carbocycles. The normalized spacial score (nSPS) is 10.7. The Bertz CT molecular complexity index is 1180. The molecule has 2 aromatic heterocycles. The van der Waals surface area contributed by atoms with Gasteiger partial charge in [0.1, 0.15) is 6.61 Å². The van der Waals surface area contributed by atoms with Crippen molar-refractivity contribution in [1.82, 2.24) is 14.9 Å². The summed E-state index contributed by atoms with van der Waals surface area (Å²) >= 11 is 0. The molecule has 0 atom stereocenters. The van der Waals surface area contributed by atoms with Crippen molar-refractivity contribution in [3.63, 3.8) is 0 Å². The van der Waals surface area contributed by atoms with Gasteiger partial charge in [-0.2, -0.15) is 0 Å². The van der Waals surface area contributed by atoms with E-state index in [-0.39, 0.29) is 18.3 Å². The zero-order valence-electron chi connectivity index (χ0n) is 16.5. The highest BCUT2D eigenvalue weighted by molar-refractivity contribution is 6.07. The number of fused-ring (bicyclic) bond motifs is 1. The van der Waals surface area contributed by atoms with Crippen LogP contribution in [0.15, 0.2) is 79.0 Å². The first-order valence-electron chi connectivity index (χ1n) is 9.57. The number of aromatic nitrogens is 2. The van der Waals surface area contributed by atoms with Gasteiger partial charge in [0.05, 0.1) is 29.0 Å². The number of hydrogen-bond donors (Lipinski definition) is 0. The van der Waals surface area contributed by atoms with E-state index >= 15 is 0 Å². The van der Waals surface area contributed by atoms with E-state index in [0.29, 0.717) is 23.5 Å². The zero-order chi connectivity index (χ0) is 20.9. The lowest BCUT2D eigenvalue weighted by atomic mass is 10.1. The minimum absolute atomic E-state index is 0.164. The van der Waals surface area contributed by atoms with Crippen molar-refractivity contribution < 1.29 is 13.9 Å². The largest absolute Gasteiger partial charge is 0.489 e. The molecule has 0 bridgehead atoms. The Morgan fingerprint density at radius 2 is 1.77 bits per heavy atom. The first-order chi connectivity index (χ1) is 14.6. The lowest BCUT2D eigenvalue weighted by Crippen LogP contribution is -2.31. The van der Waals surface area contributed by atoms with Gasteiger partial charge in [0.2, 0.25) is 0 Å². The minimum atomic E-state index is -0.424. The number of para-hydroxylation sites is 2. The molecule has 0 radical (unpaired) electrons. The summed E-state index contributed by atoms with van der Waals surface area (Å²) in [6.07, 6.45) is 1.69. The van der Waals surface area contributed by atoms with E-state index in [1.165, 1.54) is 6.07 Å². The van der Waals surface area contributed by atoms with E-state index in [0.717, 1.165) is 10.9 Å². The quantitative estimate of drug-likeness (QED) is 0.474. The fourth-order valence-electron chi connectivity index (χ4n) is 3.16. The third-order valence-corrected chi connectivity index (χ3v) is 4.74. The summed E-state index contributed by atoms with van der Waals surface area (Å²) in [4.78, 5) is 23.8. The molecule has 4 rings (SSSR count). The van der Waals surface area contributed by atoms with Crippen molar-refractivity contribution in [2.75, 3.05) is 20.2 Å².